The highest BCUT2D eigenvalue weighted by atomic mass is 33.5. The van der Waals surface area contributed by atoms with Crippen LogP contribution in [0, 0.1) is 0 Å². The summed E-state index contributed by atoms with van der Waals surface area (Å²) in [7, 11) is 10.7. The van der Waals surface area contributed by atoms with Gasteiger partial charge >= 0.3 is 0 Å². The molecular formula is C25H38OS6. The predicted molar refractivity (Wildman–Crippen MR) is 157 cm³/mol. The molecule has 1 nitrogen and oxygen atoms in total. The highest BCUT2D eigenvalue weighted by Crippen LogP contribution is 2.58. The van der Waals surface area contributed by atoms with Gasteiger partial charge in [0.2, 0.25) is 0 Å². The van der Waals surface area contributed by atoms with Crippen LogP contribution in [0.25, 0.3) is 0 Å². The molecule has 7 heteroatoms. The van der Waals surface area contributed by atoms with E-state index in [0.29, 0.717) is 5.75 Å². The maximum atomic E-state index is 10.3. The van der Waals surface area contributed by atoms with Crippen molar-refractivity contribution in [2.45, 2.75) is 110 Å². The van der Waals surface area contributed by atoms with Crippen LogP contribution < -0.4 is 0 Å². The number of hydrogen-bond acceptors (Lipinski definition) is 7. The van der Waals surface area contributed by atoms with Gasteiger partial charge in [0, 0.05) is 32.0 Å². The van der Waals surface area contributed by atoms with Crippen molar-refractivity contribution in [2.24, 2.45) is 0 Å². The third-order valence-electron chi connectivity index (χ3n) is 6.67. The zero-order valence-corrected chi connectivity index (χ0v) is 24.5. The van der Waals surface area contributed by atoms with Gasteiger partial charge in [-0.3, -0.25) is 0 Å². The minimum atomic E-state index is 0.00497. The van der Waals surface area contributed by atoms with Crippen molar-refractivity contribution < 1.29 is 5.11 Å². The van der Waals surface area contributed by atoms with Crippen molar-refractivity contribution in [2.75, 3.05) is 5.75 Å². The first kappa shape index (κ1) is 26.2. The first-order valence-electron chi connectivity index (χ1n) is 12.1. The summed E-state index contributed by atoms with van der Waals surface area (Å²) >= 11 is 2.27. The highest BCUT2D eigenvalue weighted by Gasteiger charge is 2.43. The van der Waals surface area contributed by atoms with Crippen molar-refractivity contribution >= 4 is 64.8 Å². The van der Waals surface area contributed by atoms with Crippen LogP contribution in [0.5, 0.6) is 5.75 Å². The summed E-state index contributed by atoms with van der Waals surface area (Å²) in [6.45, 7) is 6.46. The fourth-order valence-electron chi connectivity index (χ4n) is 4.67. The molecule has 180 valence electrons. The lowest BCUT2D eigenvalue weighted by Gasteiger charge is -2.22. The van der Waals surface area contributed by atoms with Crippen LogP contribution in [0.2, 0.25) is 0 Å². The van der Waals surface area contributed by atoms with Crippen molar-refractivity contribution in [1.82, 2.24) is 0 Å². The third-order valence-corrected chi connectivity index (χ3v) is 16.7. The molecule has 0 saturated carbocycles. The molecule has 0 radical (unpaired) electrons. The lowest BCUT2D eigenvalue weighted by molar-refractivity contribution is 0.445. The zero-order chi connectivity index (χ0) is 22.6. The maximum absolute atomic E-state index is 10.3. The SMILES string of the molecule is CC(C)(C)c1ccc(CCCCCCCC2SC2CC2SSSCC3CC2SS3)cc1O. The van der Waals surface area contributed by atoms with E-state index >= 15 is 0 Å². The molecule has 3 heterocycles. The molecule has 0 aromatic heterocycles. The van der Waals surface area contributed by atoms with E-state index in [1.54, 1.807) is 0 Å². The molecule has 0 spiro atoms. The quantitative estimate of drug-likeness (QED) is 0.177. The summed E-state index contributed by atoms with van der Waals surface area (Å²) in [5.74, 6) is 1.80. The van der Waals surface area contributed by atoms with Gasteiger partial charge in [-0.15, -0.1) is 0 Å². The summed E-state index contributed by atoms with van der Waals surface area (Å²) in [6, 6.07) is 6.31. The Kier molecular flexibility index (Phi) is 10.1. The molecule has 32 heavy (non-hydrogen) atoms. The largest absolute Gasteiger partial charge is 0.508 e. The predicted octanol–water partition coefficient (Wildman–Crippen LogP) is 9.38. The van der Waals surface area contributed by atoms with E-state index in [0.717, 1.165) is 38.2 Å². The molecule has 3 aliphatic rings. The molecule has 0 aliphatic carbocycles. The summed E-state index contributed by atoms with van der Waals surface area (Å²) in [5, 5.41) is 14.9. The molecule has 3 fully saturated rings. The molecule has 4 rings (SSSR count). The minimum absolute atomic E-state index is 0.00497. The van der Waals surface area contributed by atoms with Gasteiger partial charge in [-0.25, -0.2) is 0 Å². The lowest BCUT2D eigenvalue weighted by Crippen LogP contribution is -2.22. The standard InChI is InChI=1S/C25H38OS6/c1-25(2,3)19-12-11-17(13-20(19)26)9-7-5-4-6-8-10-21-22(28-21)15-24-23-14-18(29-30-23)16-27-32-31-24/h11-13,18,21-24,26H,4-10,14-16H2,1-3H3. The molecule has 5 atom stereocenters. The first-order chi connectivity index (χ1) is 15.4. The minimum Gasteiger partial charge on any atom is -0.508 e. The Bertz CT molecular complexity index is 736. The van der Waals surface area contributed by atoms with E-state index in [1.807, 2.05) is 6.07 Å². The van der Waals surface area contributed by atoms with Crippen molar-refractivity contribution in [3.63, 3.8) is 0 Å². The Morgan fingerprint density at radius 3 is 2.56 bits per heavy atom. The van der Waals surface area contributed by atoms with Crippen LogP contribution in [0.3, 0.4) is 0 Å². The number of unbranched alkanes of at least 4 members (excludes halogenated alkanes) is 4. The summed E-state index contributed by atoms with van der Waals surface area (Å²) in [5.41, 5.74) is 2.33. The number of hydrogen-bond donors (Lipinski definition) is 1. The second-order valence-electron chi connectivity index (χ2n) is 10.4. The Hall–Kier alpha value is 1.12. The topological polar surface area (TPSA) is 20.2 Å². The van der Waals surface area contributed by atoms with Gasteiger partial charge in [0.1, 0.15) is 5.75 Å². The molecule has 1 aromatic rings. The number of rotatable bonds is 10. The average Bonchev–Trinajstić information content (AvgIpc) is 3.26. The van der Waals surface area contributed by atoms with E-state index in [2.05, 4.69) is 97.7 Å². The maximum Gasteiger partial charge on any atom is 0.119 e. The van der Waals surface area contributed by atoms with E-state index in [-0.39, 0.29) is 5.41 Å². The fourth-order valence-corrected chi connectivity index (χ4v) is 15.7. The molecule has 5 unspecified atom stereocenters. The van der Waals surface area contributed by atoms with Crippen LogP contribution in [-0.4, -0.2) is 37.1 Å². The summed E-state index contributed by atoms with van der Waals surface area (Å²) in [6.07, 6.45) is 12.1. The first-order valence-corrected chi connectivity index (χ1v) is 19.1. The number of phenolic OH excluding ortho intramolecular Hbond substituents is 1. The number of benzene rings is 1. The van der Waals surface area contributed by atoms with Crippen LogP contribution in [-0.2, 0) is 11.8 Å². The van der Waals surface area contributed by atoms with Crippen molar-refractivity contribution in [1.29, 1.82) is 0 Å². The average molecular weight is 547 g/mol. The number of aryl methyl sites for hydroxylation is 1. The van der Waals surface area contributed by atoms with Gasteiger partial charge < -0.3 is 5.11 Å². The van der Waals surface area contributed by atoms with Crippen LogP contribution >= 0.6 is 64.8 Å². The van der Waals surface area contributed by atoms with Crippen LogP contribution in [0.4, 0.5) is 0 Å². The molecular weight excluding hydrogens is 509 g/mol. The van der Waals surface area contributed by atoms with Gasteiger partial charge in [-0.1, -0.05) is 102 Å². The van der Waals surface area contributed by atoms with E-state index in [9.17, 15) is 5.11 Å². The molecule has 1 aromatic carbocycles. The van der Waals surface area contributed by atoms with Gasteiger partial charge in [0.05, 0.1) is 0 Å². The van der Waals surface area contributed by atoms with Gasteiger partial charge in [-0.2, -0.15) is 11.8 Å². The Labute approximate surface area is 219 Å². The molecule has 0 amide bonds. The van der Waals surface area contributed by atoms with E-state index in [4.69, 9.17) is 0 Å². The van der Waals surface area contributed by atoms with Gasteiger partial charge in [-0.05, 0) is 64.5 Å². The number of phenols is 1. The Balaban J connectivity index is 1.05. The second-order valence-corrected chi connectivity index (χ2v) is 19.1. The molecule has 3 aliphatic heterocycles. The Morgan fingerprint density at radius 2 is 1.75 bits per heavy atom. The zero-order valence-electron chi connectivity index (χ0n) is 19.6. The van der Waals surface area contributed by atoms with E-state index < -0.39 is 0 Å². The molecule has 1 N–H and O–H groups in total. The summed E-state index contributed by atoms with van der Waals surface area (Å²) in [4.78, 5) is 0. The van der Waals surface area contributed by atoms with Gasteiger partial charge in [0.25, 0.3) is 0 Å². The van der Waals surface area contributed by atoms with Gasteiger partial charge in [0.15, 0.2) is 0 Å². The number of fused-ring (bicyclic) bond motifs is 2. The van der Waals surface area contributed by atoms with E-state index in [1.165, 1.54) is 62.7 Å². The molecule has 2 bridgehead atoms. The normalized spacial score (nSPS) is 30.2. The second kappa shape index (κ2) is 12.4. The van der Waals surface area contributed by atoms with Crippen LogP contribution in [0.15, 0.2) is 18.2 Å². The lowest BCUT2D eigenvalue weighted by atomic mass is 9.85. The summed E-state index contributed by atoms with van der Waals surface area (Å²) < 4.78 is 0. The van der Waals surface area contributed by atoms with Crippen molar-refractivity contribution in [3.8, 4) is 5.75 Å². The smallest absolute Gasteiger partial charge is 0.119 e. The number of thioether (sulfide) groups is 1. The Morgan fingerprint density at radius 1 is 0.938 bits per heavy atom. The highest BCUT2D eigenvalue weighted by molar-refractivity contribution is 9.09. The fraction of sp³-hybridized carbons (Fsp3) is 0.760. The van der Waals surface area contributed by atoms with Crippen LogP contribution in [0.1, 0.15) is 83.3 Å². The molecule has 3 saturated heterocycles. The van der Waals surface area contributed by atoms with Crippen molar-refractivity contribution in [3.05, 3.63) is 29.3 Å². The monoisotopic (exact) mass is 546 g/mol. The number of aromatic hydroxyl groups is 1. The third kappa shape index (κ3) is 7.81.